The van der Waals surface area contributed by atoms with Crippen molar-refractivity contribution >= 4 is 5.91 Å². The van der Waals surface area contributed by atoms with Gasteiger partial charge in [0.05, 0.1) is 6.61 Å². The molecule has 1 rings (SSSR count). The maximum absolute atomic E-state index is 12.8. The summed E-state index contributed by atoms with van der Waals surface area (Å²) in [6, 6.07) is 7.67. The molecule has 0 fully saturated rings. The van der Waals surface area contributed by atoms with Gasteiger partial charge in [-0.05, 0) is 38.6 Å². The molecule has 0 saturated heterocycles. The van der Waals surface area contributed by atoms with E-state index in [0.717, 1.165) is 17.5 Å². The molecule has 4 heteroatoms. The summed E-state index contributed by atoms with van der Waals surface area (Å²) in [5.74, 6) is 0.0557. The Morgan fingerprint density at radius 1 is 1.25 bits per heavy atom. The van der Waals surface area contributed by atoms with E-state index in [1.807, 2.05) is 57.1 Å². The van der Waals surface area contributed by atoms with Crippen LogP contribution in [0, 0.1) is 6.92 Å². The highest BCUT2D eigenvalue weighted by Gasteiger charge is 2.28. The van der Waals surface area contributed by atoms with Crippen LogP contribution in [0.2, 0.25) is 0 Å². The molecule has 0 unspecified atom stereocenters. The van der Waals surface area contributed by atoms with Crippen LogP contribution in [0.15, 0.2) is 24.3 Å². The van der Waals surface area contributed by atoms with Gasteiger partial charge in [0.1, 0.15) is 6.04 Å². The first-order valence-electron chi connectivity index (χ1n) is 7.14. The topological polar surface area (TPSA) is 43.8 Å². The van der Waals surface area contributed by atoms with E-state index in [9.17, 15) is 4.79 Å². The minimum absolute atomic E-state index is 0.000337. The summed E-state index contributed by atoms with van der Waals surface area (Å²) in [6.45, 7) is 5.13. The fourth-order valence-electron chi connectivity index (χ4n) is 2.42. The van der Waals surface area contributed by atoms with Crippen molar-refractivity contribution in [2.75, 3.05) is 33.8 Å². The van der Waals surface area contributed by atoms with E-state index in [1.54, 1.807) is 4.90 Å². The summed E-state index contributed by atoms with van der Waals surface area (Å²) in [5, 5.41) is 9.15. The van der Waals surface area contributed by atoms with Crippen LogP contribution in [0.5, 0.6) is 0 Å². The number of carbonyl (C=O) groups excluding carboxylic acids is 1. The van der Waals surface area contributed by atoms with Gasteiger partial charge in [-0.15, -0.1) is 0 Å². The Morgan fingerprint density at radius 2 is 1.90 bits per heavy atom. The number of hydrogen-bond donors (Lipinski definition) is 1. The van der Waals surface area contributed by atoms with Gasteiger partial charge in [0, 0.05) is 13.1 Å². The van der Waals surface area contributed by atoms with Gasteiger partial charge in [-0.1, -0.05) is 31.2 Å². The number of carbonyl (C=O) groups is 1. The Hall–Kier alpha value is -1.39. The summed E-state index contributed by atoms with van der Waals surface area (Å²) in [4.78, 5) is 16.5. The number of nitrogens with zero attached hydrogens (tertiary/aromatic N) is 2. The van der Waals surface area contributed by atoms with Crippen LogP contribution in [0.1, 0.15) is 30.5 Å². The van der Waals surface area contributed by atoms with E-state index in [1.165, 1.54) is 0 Å². The van der Waals surface area contributed by atoms with Gasteiger partial charge in [0.2, 0.25) is 5.91 Å². The third-order valence-corrected chi connectivity index (χ3v) is 3.41. The number of likely N-dealkylation sites (N-methyl/N-ethyl adjacent to an activating group) is 1. The average molecular weight is 278 g/mol. The molecule has 20 heavy (non-hydrogen) atoms. The minimum Gasteiger partial charge on any atom is -0.395 e. The molecule has 0 spiro atoms. The van der Waals surface area contributed by atoms with Crippen LogP contribution >= 0.6 is 0 Å². The van der Waals surface area contributed by atoms with Crippen LogP contribution in [-0.2, 0) is 4.79 Å². The Labute approximate surface area is 122 Å². The first-order chi connectivity index (χ1) is 9.52. The Kier molecular flexibility index (Phi) is 6.68. The van der Waals surface area contributed by atoms with Crippen molar-refractivity contribution in [3.63, 3.8) is 0 Å². The zero-order valence-electron chi connectivity index (χ0n) is 13.0. The molecule has 0 aliphatic heterocycles. The quantitative estimate of drug-likeness (QED) is 0.827. The molecule has 1 amide bonds. The fourth-order valence-corrected chi connectivity index (χ4v) is 2.42. The summed E-state index contributed by atoms with van der Waals surface area (Å²) in [5.41, 5.74) is 2.14. The molecule has 0 bridgehead atoms. The molecule has 1 atom stereocenters. The molecular formula is C16H26N2O2. The van der Waals surface area contributed by atoms with Gasteiger partial charge in [-0.25, -0.2) is 0 Å². The van der Waals surface area contributed by atoms with Gasteiger partial charge in [0.15, 0.2) is 0 Å². The lowest BCUT2D eigenvalue weighted by molar-refractivity contribution is -0.137. The molecule has 0 aromatic heterocycles. The fraction of sp³-hybridized carbons (Fsp3) is 0.562. The highest BCUT2D eigenvalue weighted by atomic mass is 16.3. The van der Waals surface area contributed by atoms with E-state index in [-0.39, 0.29) is 18.6 Å². The number of benzene rings is 1. The van der Waals surface area contributed by atoms with E-state index in [4.69, 9.17) is 5.11 Å². The van der Waals surface area contributed by atoms with Crippen molar-refractivity contribution in [3.05, 3.63) is 35.4 Å². The molecule has 0 radical (unpaired) electrons. The molecule has 112 valence electrons. The van der Waals surface area contributed by atoms with Gasteiger partial charge < -0.3 is 10.0 Å². The van der Waals surface area contributed by atoms with E-state index in [0.29, 0.717) is 13.1 Å². The number of aliphatic hydroxyl groups is 1. The second kappa shape index (κ2) is 8.02. The van der Waals surface area contributed by atoms with Crippen LogP contribution in [0.25, 0.3) is 0 Å². The molecule has 1 aromatic carbocycles. The number of rotatable bonds is 7. The maximum Gasteiger partial charge on any atom is 0.244 e. The molecule has 0 heterocycles. The number of aliphatic hydroxyl groups excluding tert-OH is 1. The monoisotopic (exact) mass is 278 g/mol. The molecule has 1 aromatic rings. The Balaban J connectivity index is 3.07. The predicted octanol–water partition coefficient (Wildman–Crippen LogP) is 1.83. The number of amides is 1. The highest BCUT2D eigenvalue weighted by Crippen LogP contribution is 2.24. The first-order valence-corrected chi connectivity index (χ1v) is 7.14. The smallest absolute Gasteiger partial charge is 0.244 e. The zero-order valence-corrected chi connectivity index (χ0v) is 13.0. The molecule has 0 aliphatic carbocycles. The van der Waals surface area contributed by atoms with E-state index < -0.39 is 0 Å². The lowest BCUT2D eigenvalue weighted by Gasteiger charge is -2.31. The average Bonchev–Trinajstić information content (AvgIpc) is 2.40. The first kappa shape index (κ1) is 16.7. The van der Waals surface area contributed by atoms with Gasteiger partial charge in [-0.2, -0.15) is 0 Å². The Bertz CT molecular complexity index is 426. The largest absolute Gasteiger partial charge is 0.395 e. The number of aryl methyl sites for hydroxylation is 1. The predicted molar refractivity (Wildman–Crippen MR) is 81.6 cm³/mol. The summed E-state index contributed by atoms with van der Waals surface area (Å²) in [6.07, 6.45) is 0.889. The second-order valence-corrected chi connectivity index (χ2v) is 5.27. The van der Waals surface area contributed by atoms with Crippen molar-refractivity contribution < 1.29 is 9.90 Å². The van der Waals surface area contributed by atoms with Crippen molar-refractivity contribution in [1.29, 1.82) is 0 Å². The van der Waals surface area contributed by atoms with Crippen molar-refractivity contribution in [2.45, 2.75) is 26.3 Å². The molecule has 1 N–H and O–H groups in total. The molecule has 0 saturated carbocycles. The SMILES string of the molecule is CCCN(CCO)C(=O)[C@H](c1ccccc1C)N(C)C. The Morgan fingerprint density at radius 3 is 2.40 bits per heavy atom. The highest BCUT2D eigenvalue weighted by molar-refractivity contribution is 5.83. The normalized spacial score (nSPS) is 12.5. The van der Waals surface area contributed by atoms with Crippen LogP contribution < -0.4 is 0 Å². The summed E-state index contributed by atoms with van der Waals surface area (Å²) >= 11 is 0. The molecule has 0 aliphatic rings. The molecule has 4 nitrogen and oxygen atoms in total. The van der Waals surface area contributed by atoms with Gasteiger partial charge >= 0.3 is 0 Å². The lowest BCUT2D eigenvalue weighted by Crippen LogP contribution is -2.42. The van der Waals surface area contributed by atoms with E-state index >= 15 is 0 Å². The third-order valence-electron chi connectivity index (χ3n) is 3.41. The lowest BCUT2D eigenvalue weighted by atomic mass is 9.99. The van der Waals surface area contributed by atoms with Crippen molar-refractivity contribution in [3.8, 4) is 0 Å². The van der Waals surface area contributed by atoms with Crippen LogP contribution in [0.3, 0.4) is 0 Å². The van der Waals surface area contributed by atoms with Crippen molar-refractivity contribution in [1.82, 2.24) is 9.80 Å². The van der Waals surface area contributed by atoms with Crippen LogP contribution in [0.4, 0.5) is 0 Å². The number of hydrogen-bond acceptors (Lipinski definition) is 3. The van der Waals surface area contributed by atoms with Gasteiger partial charge in [-0.3, -0.25) is 9.69 Å². The minimum atomic E-state index is -0.297. The van der Waals surface area contributed by atoms with Crippen molar-refractivity contribution in [2.24, 2.45) is 0 Å². The third kappa shape index (κ3) is 4.05. The maximum atomic E-state index is 12.8. The van der Waals surface area contributed by atoms with E-state index in [2.05, 4.69) is 0 Å². The summed E-state index contributed by atoms with van der Waals surface area (Å²) < 4.78 is 0. The second-order valence-electron chi connectivity index (χ2n) is 5.27. The van der Waals surface area contributed by atoms with Crippen LogP contribution in [-0.4, -0.2) is 54.6 Å². The zero-order chi connectivity index (χ0) is 15.1. The van der Waals surface area contributed by atoms with Gasteiger partial charge in [0.25, 0.3) is 0 Å². The summed E-state index contributed by atoms with van der Waals surface area (Å²) in [7, 11) is 3.83. The standard InChI is InChI=1S/C16H26N2O2/c1-5-10-18(11-12-19)16(20)15(17(3)4)14-9-7-6-8-13(14)2/h6-9,15,19H,5,10-12H2,1-4H3/t15-/m0/s1. The molecular weight excluding hydrogens is 252 g/mol.